The van der Waals surface area contributed by atoms with E-state index in [1.807, 2.05) is 0 Å². The maximum absolute atomic E-state index is 10.9. The monoisotopic (exact) mass is 310 g/mol. The summed E-state index contributed by atoms with van der Waals surface area (Å²) in [5.41, 5.74) is 1.82. The summed E-state index contributed by atoms with van der Waals surface area (Å²) >= 11 is 12.0. The molecule has 2 aromatic carbocycles. The highest BCUT2D eigenvalue weighted by Gasteiger charge is 2.09. The molecule has 0 fully saturated rings. The Hall–Kier alpha value is -1.71. The van der Waals surface area contributed by atoms with Gasteiger partial charge in [-0.3, -0.25) is 0 Å². The molecule has 0 aliphatic carbocycles. The third kappa shape index (κ3) is 3.24. The molecule has 1 N–H and O–H groups in total. The van der Waals surface area contributed by atoms with Gasteiger partial charge >= 0.3 is 5.97 Å². The molecule has 5 heteroatoms. The second kappa shape index (κ2) is 6.16. The van der Waals surface area contributed by atoms with Crippen molar-refractivity contribution in [2.24, 2.45) is 0 Å². The van der Waals surface area contributed by atoms with Gasteiger partial charge in [0.2, 0.25) is 0 Å². The van der Waals surface area contributed by atoms with Crippen molar-refractivity contribution in [1.82, 2.24) is 0 Å². The fourth-order valence-corrected chi connectivity index (χ4v) is 2.34. The van der Waals surface area contributed by atoms with Crippen molar-refractivity contribution >= 4 is 29.2 Å². The third-order valence-corrected chi connectivity index (χ3v) is 3.42. The van der Waals surface area contributed by atoms with Gasteiger partial charge in [0.15, 0.2) is 5.75 Å². The number of carbonyl (C=O) groups is 1. The molecule has 0 unspecified atom stereocenters. The van der Waals surface area contributed by atoms with Gasteiger partial charge < -0.3 is 9.84 Å². The molecular formula is C15H12Cl2O3. The molecule has 0 amide bonds. The summed E-state index contributed by atoms with van der Waals surface area (Å²) in [4.78, 5) is 10.9. The molecule has 104 valence electrons. The van der Waals surface area contributed by atoms with Crippen LogP contribution in [0, 0.1) is 6.92 Å². The molecule has 0 aliphatic heterocycles. The molecule has 0 saturated heterocycles. The Balaban J connectivity index is 2.16. The van der Waals surface area contributed by atoms with Crippen LogP contribution >= 0.6 is 23.2 Å². The topological polar surface area (TPSA) is 46.5 Å². The molecule has 0 heterocycles. The maximum atomic E-state index is 10.9. The fraction of sp³-hybridized carbons (Fsp3) is 0.133. The minimum Gasteiger partial charge on any atom is -0.486 e. The molecular weight excluding hydrogens is 299 g/mol. The van der Waals surface area contributed by atoms with Gasteiger partial charge in [-0.2, -0.15) is 0 Å². The summed E-state index contributed by atoms with van der Waals surface area (Å²) in [6.45, 7) is 2.01. The molecule has 0 radical (unpaired) electrons. The number of aromatic carboxylic acids is 1. The van der Waals surface area contributed by atoms with Crippen LogP contribution in [-0.4, -0.2) is 11.1 Å². The van der Waals surface area contributed by atoms with Crippen LogP contribution < -0.4 is 4.74 Å². The largest absolute Gasteiger partial charge is 0.486 e. The maximum Gasteiger partial charge on any atom is 0.335 e. The summed E-state index contributed by atoms with van der Waals surface area (Å²) in [6, 6.07) is 10.2. The van der Waals surface area contributed by atoms with E-state index in [9.17, 15) is 4.79 Å². The van der Waals surface area contributed by atoms with E-state index in [0.29, 0.717) is 21.4 Å². The highest BCUT2D eigenvalue weighted by atomic mass is 35.5. The van der Waals surface area contributed by atoms with Gasteiger partial charge in [0.1, 0.15) is 6.61 Å². The first-order valence-electron chi connectivity index (χ1n) is 5.88. The van der Waals surface area contributed by atoms with E-state index in [-0.39, 0.29) is 12.2 Å². The molecule has 3 nitrogen and oxygen atoms in total. The minimum atomic E-state index is -0.941. The number of carboxylic acids is 1. The quantitative estimate of drug-likeness (QED) is 0.899. The van der Waals surface area contributed by atoms with Gasteiger partial charge in [-0.25, -0.2) is 4.79 Å². The molecule has 20 heavy (non-hydrogen) atoms. The Morgan fingerprint density at radius 1 is 1.20 bits per heavy atom. The van der Waals surface area contributed by atoms with Crippen LogP contribution in [-0.2, 0) is 6.61 Å². The van der Waals surface area contributed by atoms with Crippen molar-refractivity contribution in [3.8, 4) is 5.75 Å². The number of rotatable bonds is 4. The zero-order chi connectivity index (χ0) is 14.7. The summed E-state index contributed by atoms with van der Waals surface area (Å²) in [7, 11) is 0. The number of aryl methyl sites for hydroxylation is 1. The number of halogens is 2. The smallest absolute Gasteiger partial charge is 0.335 e. The van der Waals surface area contributed by atoms with Crippen molar-refractivity contribution in [2.75, 3.05) is 0 Å². The van der Waals surface area contributed by atoms with Crippen molar-refractivity contribution < 1.29 is 14.6 Å². The Morgan fingerprint density at radius 3 is 2.40 bits per heavy atom. The van der Waals surface area contributed by atoms with Crippen LogP contribution in [0.4, 0.5) is 0 Å². The van der Waals surface area contributed by atoms with Crippen LogP contribution in [0.1, 0.15) is 21.5 Å². The molecule has 0 atom stereocenters. The lowest BCUT2D eigenvalue weighted by molar-refractivity contribution is 0.0696. The normalized spacial score (nSPS) is 10.3. The molecule has 0 aliphatic rings. The fourth-order valence-electron chi connectivity index (χ4n) is 1.83. The van der Waals surface area contributed by atoms with Crippen molar-refractivity contribution in [1.29, 1.82) is 0 Å². The Morgan fingerprint density at radius 2 is 1.85 bits per heavy atom. The van der Waals surface area contributed by atoms with E-state index in [0.717, 1.165) is 5.56 Å². The first-order valence-corrected chi connectivity index (χ1v) is 6.64. The lowest BCUT2D eigenvalue weighted by Gasteiger charge is -2.10. The van der Waals surface area contributed by atoms with Gasteiger partial charge in [-0.05, 0) is 36.2 Å². The molecule has 2 aromatic rings. The molecule has 0 aromatic heterocycles. The van der Waals surface area contributed by atoms with Gasteiger partial charge in [0.25, 0.3) is 0 Å². The zero-order valence-corrected chi connectivity index (χ0v) is 12.2. The average Bonchev–Trinajstić information content (AvgIpc) is 2.37. The first kappa shape index (κ1) is 14.7. The molecule has 0 bridgehead atoms. The highest BCUT2D eigenvalue weighted by molar-refractivity contribution is 6.37. The van der Waals surface area contributed by atoms with Crippen LogP contribution in [0.25, 0.3) is 0 Å². The van der Waals surface area contributed by atoms with Crippen LogP contribution in [0.15, 0.2) is 36.4 Å². The number of hydrogen-bond donors (Lipinski definition) is 1. The lowest BCUT2D eigenvalue weighted by atomic mass is 10.1. The van der Waals surface area contributed by atoms with E-state index in [1.54, 1.807) is 43.3 Å². The summed E-state index contributed by atoms with van der Waals surface area (Å²) < 4.78 is 5.60. The standard InChI is InChI=1S/C15H12Cl2O3/c1-9-7-10(5-6-11(9)15(18)19)8-20-14-12(16)3-2-4-13(14)17/h2-7H,8H2,1H3,(H,18,19). The minimum absolute atomic E-state index is 0.268. The summed E-state index contributed by atoms with van der Waals surface area (Å²) in [6.07, 6.45) is 0. The Bertz CT molecular complexity index is 633. The average molecular weight is 311 g/mol. The number of para-hydroxylation sites is 1. The van der Waals surface area contributed by atoms with Crippen molar-refractivity contribution in [2.45, 2.75) is 13.5 Å². The van der Waals surface area contributed by atoms with Gasteiger partial charge in [0, 0.05) is 0 Å². The predicted octanol–water partition coefficient (Wildman–Crippen LogP) is 4.58. The van der Waals surface area contributed by atoms with Crippen LogP contribution in [0.5, 0.6) is 5.75 Å². The van der Waals surface area contributed by atoms with E-state index in [1.165, 1.54) is 0 Å². The highest BCUT2D eigenvalue weighted by Crippen LogP contribution is 2.32. The summed E-state index contributed by atoms with van der Waals surface area (Å²) in [5, 5.41) is 9.85. The van der Waals surface area contributed by atoms with Gasteiger partial charge in [-0.1, -0.05) is 41.4 Å². The number of hydrogen-bond acceptors (Lipinski definition) is 2. The van der Waals surface area contributed by atoms with Crippen LogP contribution in [0.2, 0.25) is 10.0 Å². The van der Waals surface area contributed by atoms with E-state index in [2.05, 4.69) is 0 Å². The number of benzene rings is 2. The predicted molar refractivity (Wildman–Crippen MR) is 78.9 cm³/mol. The van der Waals surface area contributed by atoms with Gasteiger partial charge in [0.05, 0.1) is 15.6 Å². The SMILES string of the molecule is Cc1cc(COc2c(Cl)cccc2Cl)ccc1C(=O)O. The second-order valence-electron chi connectivity index (χ2n) is 4.29. The van der Waals surface area contributed by atoms with Crippen molar-refractivity contribution in [3.05, 3.63) is 63.1 Å². The Kier molecular flexibility index (Phi) is 4.53. The van der Waals surface area contributed by atoms with Crippen molar-refractivity contribution in [3.63, 3.8) is 0 Å². The van der Waals surface area contributed by atoms with E-state index >= 15 is 0 Å². The molecule has 0 spiro atoms. The molecule has 0 saturated carbocycles. The Labute approximate surface area is 126 Å². The van der Waals surface area contributed by atoms with E-state index in [4.69, 9.17) is 33.0 Å². The lowest BCUT2D eigenvalue weighted by Crippen LogP contribution is -2.02. The number of ether oxygens (including phenoxy) is 1. The zero-order valence-electron chi connectivity index (χ0n) is 10.7. The number of carboxylic acid groups (broad SMARTS) is 1. The molecule has 2 rings (SSSR count). The first-order chi connectivity index (χ1) is 9.49. The van der Waals surface area contributed by atoms with E-state index < -0.39 is 5.97 Å². The summed E-state index contributed by atoms with van der Waals surface area (Å²) in [5.74, 6) is -0.514. The van der Waals surface area contributed by atoms with Crippen LogP contribution in [0.3, 0.4) is 0 Å². The third-order valence-electron chi connectivity index (χ3n) is 2.82. The van der Waals surface area contributed by atoms with Gasteiger partial charge in [-0.15, -0.1) is 0 Å². The second-order valence-corrected chi connectivity index (χ2v) is 5.11.